The Morgan fingerprint density at radius 1 is 1.26 bits per heavy atom. The Hall–Kier alpha value is -2.44. The minimum absolute atomic E-state index is 0.132. The Balaban J connectivity index is 1.71. The number of hydrogen-bond acceptors (Lipinski definition) is 3. The van der Waals surface area contributed by atoms with Crippen molar-refractivity contribution < 1.29 is 14.3 Å². The number of carbonyl (C=O) groups is 1. The van der Waals surface area contributed by atoms with Crippen molar-refractivity contribution in [1.29, 1.82) is 0 Å². The summed E-state index contributed by atoms with van der Waals surface area (Å²) in [6.45, 7) is 0.132. The van der Waals surface area contributed by atoms with E-state index >= 15 is 0 Å². The summed E-state index contributed by atoms with van der Waals surface area (Å²) in [4.78, 5) is 16.0. The first-order chi connectivity index (χ1) is 11.1. The molecule has 118 valence electrons. The topological polar surface area (TPSA) is 65.1 Å². The number of rotatable bonds is 5. The van der Waals surface area contributed by atoms with Gasteiger partial charge in [-0.25, -0.2) is 4.39 Å². The fourth-order valence-corrected chi connectivity index (χ4v) is 3.00. The van der Waals surface area contributed by atoms with Crippen LogP contribution in [0.2, 0.25) is 0 Å². The predicted molar refractivity (Wildman–Crippen MR) is 87.8 cm³/mol. The molecule has 1 aromatic carbocycles. The third kappa shape index (κ3) is 3.49. The number of halogens is 1. The second kappa shape index (κ2) is 6.76. The summed E-state index contributed by atoms with van der Waals surface area (Å²) < 4.78 is 13.0. The lowest BCUT2D eigenvalue weighted by Crippen LogP contribution is -2.28. The number of aliphatic hydroxyl groups is 1. The number of aromatic amines is 1. The van der Waals surface area contributed by atoms with Crippen molar-refractivity contribution in [3.8, 4) is 11.1 Å². The van der Waals surface area contributed by atoms with E-state index in [0.717, 1.165) is 10.4 Å². The SMILES string of the molecule is O=C(NC[C@@H](O)c1cccs1)c1c[nH]cc1-c1ccc(F)cc1. The average molecular weight is 330 g/mol. The molecule has 0 aliphatic heterocycles. The highest BCUT2D eigenvalue weighted by Gasteiger charge is 2.16. The summed E-state index contributed by atoms with van der Waals surface area (Å²) >= 11 is 1.44. The van der Waals surface area contributed by atoms with Gasteiger partial charge in [-0.2, -0.15) is 0 Å². The molecule has 0 saturated heterocycles. The lowest BCUT2D eigenvalue weighted by atomic mass is 10.0. The first-order valence-electron chi connectivity index (χ1n) is 7.07. The van der Waals surface area contributed by atoms with Gasteiger partial charge in [0.1, 0.15) is 11.9 Å². The van der Waals surface area contributed by atoms with Crippen LogP contribution in [0.1, 0.15) is 21.3 Å². The van der Waals surface area contributed by atoms with Gasteiger partial charge in [0.25, 0.3) is 5.91 Å². The van der Waals surface area contributed by atoms with Crippen LogP contribution in [0.15, 0.2) is 54.2 Å². The van der Waals surface area contributed by atoms with Crippen LogP contribution in [0.3, 0.4) is 0 Å². The summed E-state index contributed by atoms with van der Waals surface area (Å²) in [5, 5.41) is 14.6. The van der Waals surface area contributed by atoms with E-state index in [1.807, 2.05) is 17.5 Å². The first-order valence-corrected chi connectivity index (χ1v) is 7.95. The molecule has 3 rings (SSSR count). The molecule has 3 aromatic rings. The van der Waals surface area contributed by atoms with E-state index in [0.29, 0.717) is 11.1 Å². The van der Waals surface area contributed by atoms with Gasteiger partial charge in [0, 0.05) is 29.4 Å². The molecule has 0 saturated carbocycles. The van der Waals surface area contributed by atoms with Gasteiger partial charge in [-0.1, -0.05) is 18.2 Å². The molecular weight excluding hydrogens is 315 g/mol. The molecule has 23 heavy (non-hydrogen) atoms. The van der Waals surface area contributed by atoms with Crippen molar-refractivity contribution in [3.63, 3.8) is 0 Å². The van der Waals surface area contributed by atoms with Gasteiger partial charge in [0.2, 0.25) is 0 Å². The van der Waals surface area contributed by atoms with E-state index in [1.54, 1.807) is 24.5 Å². The van der Waals surface area contributed by atoms with Gasteiger partial charge >= 0.3 is 0 Å². The van der Waals surface area contributed by atoms with Crippen LogP contribution in [0.5, 0.6) is 0 Å². The van der Waals surface area contributed by atoms with Crippen LogP contribution >= 0.6 is 11.3 Å². The molecule has 4 nitrogen and oxygen atoms in total. The number of carbonyl (C=O) groups excluding carboxylic acids is 1. The molecule has 6 heteroatoms. The van der Waals surface area contributed by atoms with Crippen molar-refractivity contribution >= 4 is 17.2 Å². The number of aliphatic hydroxyl groups excluding tert-OH is 1. The van der Waals surface area contributed by atoms with Crippen LogP contribution in [0.25, 0.3) is 11.1 Å². The zero-order valence-electron chi connectivity index (χ0n) is 12.1. The summed E-state index contributed by atoms with van der Waals surface area (Å²) in [5.74, 6) is -0.615. The highest BCUT2D eigenvalue weighted by atomic mass is 32.1. The summed E-state index contributed by atoms with van der Waals surface area (Å²) in [7, 11) is 0. The van der Waals surface area contributed by atoms with Gasteiger partial charge in [-0.05, 0) is 29.1 Å². The molecule has 0 fully saturated rings. The minimum atomic E-state index is -0.729. The minimum Gasteiger partial charge on any atom is -0.386 e. The predicted octanol–water partition coefficient (Wildman–Crippen LogP) is 3.35. The van der Waals surface area contributed by atoms with Crippen molar-refractivity contribution in [1.82, 2.24) is 10.3 Å². The van der Waals surface area contributed by atoms with Crippen LogP contribution in [0.4, 0.5) is 4.39 Å². The van der Waals surface area contributed by atoms with E-state index in [1.165, 1.54) is 23.5 Å². The van der Waals surface area contributed by atoms with Crippen LogP contribution < -0.4 is 5.32 Å². The maximum Gasteiger partial charge on any atom is 0.253 e. The molecule has 0 radical (unpaired) electrons. The maximum atomic E-state index is 13.0. The molecule has 0 unspecified atom stereocenters. The Morgan fingerprint density at radius 2 is 2.04 bits per heavy atom. The molecule has 0 aliphatic carbocycles. The van der Waals surface area contributed by atoms with Crippen LogP contribution in [0, 0.1) is 5.82 Å². The molecule has 0 aliphatic rings. The average Bonchev–Trinajstić information content (AvgIpc) is 3.24. The fraction of sp³-hybridized carbons (Fsp3) is 0.118. The molecule has 0 bridgehead atoms. The van der Waals surface area contributed by atoms with Crippen molar-refractivity contribution in [2.24, 2.45) is 0 Å². The quantitative estimate of drug-likeness (QED) is 0.672. The van der Waals surface area contributed by atoms with Gasteiger partial charge < -0.3 is 15.4 Å². The molecule has 0 spiro atoms. The third-order valence-electron chi connectivity index (χ3n) is 3.47. The fourth-order valence-electron chi connectivity index (χ4n) is 2.29. The summed E-state index contributed by atoms with van der Waals surface area (Å²) in [6.07, 6.45) is 2.55. The summed E-state index contributed by atoms with van der Waals surface area (Å²) in [5.41, 5.74) is 1.89. The largest absolute Gasteiger partial charge is 0.386 e. The van der Waals surface area contributed by atoms with E-state index in [4.69, 9.17) is 0 Å². The van der Waals surface area contributed by atoms with Crippen LogP contribution in [-0.4, -0.2) is 22.5 Å². The first kappa shape index (κ1) is 15.5. The number of thiophene rings is 1. The number of amides is 1. The van der Waals surface area contributed by atoms with Crippen LogP contribution in [-0.2, 0) is 0 Å². The van der Waals surface area contributed by atoms with E-state index < -0.39 is 6.10 Å². The lowest BCUT2D eigenvalue weighted by molar-refractivity contribution is 0.0919. The monoisotopic (exact) mass is 330 g/mol. The number of aromatic nitrogens is 1. The van der Waals surface area contributed by atoms with E-state index in [9.17, 15) is 14.3 Å². The normalized spacial score (nSPS) is 12.1. The number of nitrogens with one attached hydrogen (secondary N) is 2. The Labute approximate surface area is 136 Å². The van der Waals surface area contributed by atoms with Gasteiger partial charge in [-0.15, -0.1) is 11.3 Å². The highest BCUT2D eigenvalue weighted by molar-refractivity contribution is 7.10. The van der Waals surface area contributed by atoms with Crippen molar-refractivity contribution in [2.45, 2.75) is 6.10 Å². The summed E-state index contributed by atoms with van der Waals surface area (Å²) in [6, 6.07) is 9.62. The molecule has 1 atom stereocenters. The third-order valence-corrected chi connectivity index (χ3v) is 4.45. The Kier molecular flexibility index (Phi) is 4.55. The maximum absolute atomic E-state index is 13.0. The lowest BCUT2D eigenvalue weighted by Gasteiger charge is -2.10. The second-order valence-corrected chi connectivity index (χ2v) is 6.01. The molecule has 3 N–H and O–H groups in total. The second-order valence-electron chi connectivity index (χ2n) is 5.03. The Bertz CT molecular complexity index is 781. The number of H-pyrrole nitrogens is 1. The van der Waals surface area contributed by atoms with Gasteiger partial charge in [0.05, 0.1) is 5.56 Å². The number of hydrogen-bond donors (Lipinski definition) is 3. The zero-order valence-corrected chi connectivity index (χ0v) is 12.9. The molecule has 1 amide bonds. The molecular formula is C17H15FN2O2S. The number of benzene rings is 1. The van der Waals surface area contributed by atoms with E-state index in [2.05, 4.69) is 10.3 Å². The molecule has 2 heterocycles. The van der Waals surface area contributed by atoms with Gasteiger partial charge in [-0.3, -0.25) is 4.79 Å². The Morgan fingerprint density at radius 3 is 2.74 bits per heavy atom. The van der Waals surface area contributed by atoms with Crippen molar-refractivity contribution in [3.05, 3.63) is 70.4 Å². The molecule has 2 aromatic heterocycles. The standard InChI is InChI=1S/C17H15FN2O2S/c18-12-5-3-11(4-6-12)13-8-19-9-14(13)17(22)20-10-15(21)16-2-1-7-23-16/h1-9,15,19,21H,10H2,(H,20,22)/t15-/m1/s1. The van der Waals surface area contributed by atoms with Gasteiger partial charge in [0.15, 0.2) is 0 Å². The highest BCUT2D eigenvalue weighted by Crippen LogP contribution is 2.24. The zero-order chi connectivity index (χ0) is 16.2. The van der Waals surface area contributed by atoms with Crippen molar-refractivity contribution in [2.75, 3.05) is 6.54 Å². The smallest absolute Gasteiger partial charge is 0.253 e. The van der Waals surface area contributed by atoms with E-state index in [-0.39, 0.29) is 18.3 Å².